The number of nitrogens with one attached hydrogen (secondary N) is 2. The fourth-order valence-corrected chi connectivity index (χ4v) is 4.27. The van der Waals surface area contributed by atoms with Gasteiger partial charge in [-0.1, -0.05) is 38.1 Å². The molecule has 1 aromatic rings. The van der Waals surface area contributed by atoms with Crippen molar-refractivity contribution in [2.45, 2.75) is 52.1 Å². The predicted molar refractivity (Wildman–Crippen MR) is 125 cm³/mol. The van der Waals surface area contributed by atoms with E-state index in [-0.39, 0.29) is 5.92 Å². The average Bonchev–Trinajstić information content (AvgIpc) is 3.33. The molecule has 6 nitrogen and oxygen atoms in total. The van der Waals surface area contributed by atoms with Crippen molar-refractivity contribution in [2.24, 2.45) is 10.9 Å². The SMILES string of the molecule is CCC(CC)C(=O)N1CCC(NC(=NC)NCc2cccc(N3CC=CC3)c2)CC1. The minimum Gasteiger partial charge on any atom is -0.364 e. The Morgan fingerprint density at radius 1 is 1.17 bits per heavy atom. The van der Waals surface area contributed by atoms with Gasteiger partial charge in [-0.05, 0) is 43.4 Å². The first-order valence-electron chi connectivity index (χ1n) is 11.4. The second-order valence-corrected chi connectivity index (χ2v) is 8.23. The van der Waals surface area contributed by atoms with Gasteiger partial charge < -0.3 is 20.4 Å². The van der Waals surface area contributed by atoms with E-state index in [1.54, 1.807) is 0 Å². The highest BCUT2D eigenvalue weighted by Gasteiger charge is 2.26. The van der Waals surface area contributed by atoms with Crippen molar-refractivity contribution in [2.75, 3.05) is 38.1 Å². The Hall–Kier alpha value is -2.50. The third kappa shape index (κ3) is 5.77. The molecule has 0 spiro atoms. The smallest absolute Gasteiger partial charge is 0.225 e. The van der Waals surface area contributed by atoms with Crippen LogP contribution >= 0.6 is 0 Å². The van der Waals surface area contributed by atoms with E-state index in [1.807, 2.05) is 11.9 Å². The second kappa shape index (κ2) is 11.0. The van der Waals surface area contributed by atoms with Crippen LogP contribution in [0, 0.1) is 5.92 Å². The topological polar surface area (TPSA) is 60.0 Å². The first-order chi connectivity index (χ1) is 14.6. The van der Waals surface area contributed by atoms with E-state index in [0.29, 0.717) is 11.9 Å². The summed E-state index contributed by atoms with van der Waals surface area (Å²) in [6.07, 6.45) is 8.20. The van der Waals surface area contributed by atoms with Gasteiger partial charge in [0.2, 0.25) is 5.91 Å². The maximum atomic E-state index is 12.6. The lowest BCUT2D eigenvalue weighted by molar-refractivity contribution is -0.136. The van der Waals surface area contributed by atoms with Gasteiger partial charge in [0.1, 0.15) is 0 Å². The number of carbonyl (C=O) groups excluding carboxylic acids is 1. The number of rotatable bonds is 7. The monoisotopic (exact) mass is 411 g/mol. The van der Waals surface area contributed by atoms with Gasteiger partial charge >= 0.3 is 0 Å². The van der Waals surface area contributed by atoms with Crippen LogP contribution in [0.1, 0.15) is 45.1 Å². The van der Waals surface area contributed by atoms with Gasteiger partial charge in [0.15, 0.2) is 5.96 Å². The van der Waals surface area contributed by atoms with Gasteiger partial charge in [-0.3, -0.25) is 9.79 Å². The highest BCUT2D eigenvalue weighted by molar-refractivity contribution is 5.80. The van der Waals surface area contributed by atoms with Crippen molar-refractivity contribution >= 4 is 17.6 Å². The van der Waals surface area contributed by atoms with Crippen molar-refractivity contribution in [3.63, 3.8) is 0 Å². The van der Waals surface area contributed by atoms with Crippen LogP contribution in [0.15, 0.2) is 41.4 Å². The summed E-state index contributed by atoms with van der Waals surface area (Å²) < 4.78 is 0. The molecule has 2 N–H and O–H groups in total. The van der Waals surface area contributed by atoms with Crippen LogP contribution in [0.25, 0.3) is 0 Å². The van der Waals surface area contributed by atoms with Crippen LogP contribution in [0.4, 0.5) is 5.69 Å². The standard InChI is InChI=1S/C24H37N5O/c1-4-20(5-2)23(30)29-15-11-21(12-16-29)27-24(25-3)26-18-19-9-8-10-22(17-19)28-13-6-7-14-28/h6-10,17,20-21H,4-5,11-16,18H2,1-3H3,(H2,25,26,27). The summed E-state index contributed by atoms with van der Waals surface area (Å²) in [7, 11) is 1.81. The number of carbonyl (C=O) groups is 1. The number of hydrogen-bond donors (Lipinski definition) is 2. The highest BCUT2D eigenvalue weighted by Crippen LogP contribution is 2.19. The summed E-state index contributed by atoms with van der Waals surface area (Å²) >= 11 is 0. The molecular weight excluding hydrogens is 374 g/mol. The Morgan fingerprint density at radius 3 is 2.50 bits per heavy atom. The zero-order valence-electron chi connectivity index (χ0n) is 18.7. The number of piperidine rings is 1. The van der Waals surface area contributed by atoms with Crippen LogP contribution in [0.3, 0.4) is 0 Å². The molecule has 1 aromatic carbocycles. The van der Waals surface area contributed by atoms with Gasteiger partial charge in [-0.15, -0.1) is 0 Å². The normalized spacial score (nSPS) is 17.7. The van der Waals surface area contributed by atoms with E-state index in [0.717, 1.165) is 64.4 Å². The highest BCUT2D eigenvalue weighted by atomic mass is 16.2. The number of benzene rings is 1. The minimum absolute atomic E-state index is 0.177. The van der Waals surface area contributed by atoms with Crippen molar-refractivity contribution in [1.82, 2.24) is 15.5 Å². The van der Waals surface area contributed by atoms with Crippen LogP contribution in [-0.2, 0) is 11.3 Å². The quantitative estimate of drug-likeness (QED) is 0.411. The maximum Gasteiger partial charge on any atom is 0.225 e. The van der Waals surface area contributed by atoms with Crippen molar-refractivity contribution in [3.8, 4) is 0 Å². The zero-order chi connectivity index (χ0) is 21.3. The number of amides is 1. The Bertz CT molecular complexity index is 740. The fourth-order valence-electron chi connectivity index (χ4n) is 4.27. The maximum absolute atomic E-state index is 12.6. The van der Waals surface area contributed by atoms with Gasteiger partial charge in [0.05, 0.1) is 0 Å². The number of guanidine groups is 1. The van der Waals surface area contributed by atoms with Crippen LogP contribution in [-0.4, -0.2) is 56.0 Å². The van der Waals surface area contributed by atoms with Crippen molar-refractivity contribution in [1.29, 1.82) is 0 Å². The molecule has 0 atom stereocenters. The van der Waals surface area contributed by atoms with Crippen LogP contribution in [0.2, 0.25) is 0 Å². The van der Waals surface area contributed by atoms with Crippen LogP contribution < -0.4 is 15.5 Å². The summed E-state index contributed by atoms with van der Waals surface area (Å²) in [6, 6.07) is 9.03. The molecule has 30 heavy (non-hydrogen) atoms. The molecule has 6 heteroatoms. The third-order valence-electron chi connectivity index (χ3n) is 6.26. The lowest BCUT2D eigenvalue weighted by atomic mass is 9.98. The Labute approximate surface area is 181 Å². The molecule has 1 saturated heterocycles. The van der Waals surface area contributed by atoms with E-state index >= 15 is 0 Å². The zero-order valence-corrected chi connectivity index (χ0v) is 18.7. The molecule has 0 aliphatic carbocycles. The average molecular weight is 412 g/mol. The van der Waals surface area contributed by atoms with E-state index in [1.165, 1.54) is 11.3 Å². The Morgan fingerprint density at radius 2 is 1.87 bits per heavy atom. The van der Waals surface area contributed by atoms with E-state index in [9.17, 15) is 4.79 Å². The van der Waals surface area contributed by atoms with Gasteiger partial charge in [-0.25, -0.2) is 0 Å². The number of nitrogens with zero attached hydrogens (tertiary/aromatic N) is 3. The molecule has 1 fully saturated rings. The number of anilines is 1. The first kappa shape index (κ1) is 22.2. The Kier molecular flexibility index (Phi) is 8.17. The lowest BCUT2D eigenvalue weighted by Gasteiger charge is -2.34. The number of hydrogen-bond acceptors (Lipinski definition) is 3. The fraction of sp³-hybridized carbons (Fsp3) is 0.583. The molecule has 2 aliphatic rings. The van der Waals surface area contributed by atoms with Gasteiger partial charge in [0, 0.05) is 57.4 Å². The number of likely N-dealkylation sites (tertiary alicyclic amines) is 1. The molecule has 1 amide bonds. The Balaban J connectivity index is 1.45. The minimum atomic E-state index is 0.177. The predicted octanol–water partition coefficient (Wildman–Crippen LogP) is 3.16. The molecule has 0 radical (unpaired) electrons. The molecule has 0 aromatic heterocycles. The number of aliphatic imine (C=N–C) groups is 1. The summed E-state index contributed by atoms with van der Waals surface area (Å²) in [6.45, 7) is 8.57. The third-order valence-corrected chi connectivity index (χ3v) is 6.26. The van der Waals surface area contributed by atoms with E-state index in [2.05, 4.69) is 70.8 Å². The van der Waals surface area contributed by atoms with E-state index < -0.39 is 0 Å². The summed E-state index contributed by atoms with van der Waals surface area (Å²) in [5, 5.41) is 6.99. The first-order valence-corrected chi connectivity index (χ1v) is 11.4. The summed E-state index contributed by atoms with van der Waals surface area (Å²) in [4.78, 5) is 21.4. The molecule has 3 rings (SSSR count). The van der Waals surface area contributed by atoms with Gasteiger partial charge in [0.25, 0.3) is 0 Å². The van der Waals surface area contributed by atoms with E-state index in [4.69, 9.17) is 0 Å². The van der Waals surface area contributed by atoms with Crippen molar-refractivity contribution < 1.29 is 4.79 Å². The summed E-state index contributed by atoms with van der Waals surface area (Å²) in [5.41, 5.74) is 2.50. The molecular formula is C24H37N5O. The second-order valence-electron chi connectivity index (χ2n) is 8.23. The molecule has 2 heterocycles. The van der Waals surface area contributed by atoms with Crippen LogP contribution in [0.5, 0.6) is 0 Å². The molecule has 0 saturated carbocycles. The summed E-state index contributed by atoms with van der Waals surface area (Å²) in [5.74, 6) is 1.33. The van der Waals surface area contributed by atoms with Gasteiger partial charge in [-0.2, -0.15) is 0 Å². The molecule has 164 valence electrons. The molecule has 0 bridgehead atoms. The largest absolute Gasteiger partial charge is 0.364 e. The molecule has 2 aliphatic heterocycles. The molecule has 0 unspecified atom stereocenters. The lowest BCUT2D eigenvalue weighted by Crippen LogP contribution is -2.50. The van der Waals surface area contributed by atoms with Crippen molar-refractivity contribution in [3.05, 3.63) is 42.0 Å².